The predicted molar refractivity (Wildman–Crippen MR) is 143 cm³/mol. The van der Waals surface area contributed by atoms with Crippen LogP contribution in [-0.2, 0) is 22.7 Å². The molecule has 0 spiro atoms. The third-order valence-corrected chi connectivity index (χ3v) is 7.76. The highest BCUT2D eigenvalue weighted by Crippen LogP contribution is 2.32. The van der Waals surface area contributed by atoms with Crippen molar-refractivity contribution in [3.8, 4) is 0 Å². The van der Waals surface area contributed by atoms with Gasteiger partial charge in [0.1, 0.15) is 12.2 Å². The van der Waals surface area contributed by atoms with Crippen molar-refractivity contribution >= 4 is 28.6 Å². The zero-order valence-electron chi connectivity index (χ0n) is 21.5. The van der Waals surface area contributed by atoms with Gasteiger partial charge in [-0.2, -0.15) is 0 Å². The smallest absolute Gasteiger partial charge is 0.319 e. The molecule has 3 atom stereocenters. The Morgan fingerprint density at radius 2 is 1.73 bits per heavy atom. The molecule has 1 N–H and O–H groups in total. The molecule has 2 heterocycles. The second-order valence-corrected chi connectivity index (χ2v) is 10.1. The molecule has 0 aromatic heterocycles. The normalized spacial score (nSPS) is 20.6. The molecule has 0 unspecified atom stereocenters. The molecule has 3 aromatic carbocycles. The molecule has 192 valence electrons. The zero-order valence-corrected chi connectivity index (χ0v) is 21.5. The standard InChI is InChI=1S/C30H34N4O3/c1-3-21(2)28-29(36)32(19-24-14-9-13-23-12-7-8-15-25(23)24)20-26-33(17-16-27(35)34(26)28)30(37)31-18-22-10-5-4-6-11-22/h4-15,21,26,28H,3,16-20H2,1-2H3,(H,31,37)/t21-,26+,28-/m0/s1. The van der Waals surface area contributed by atoms with Crippen molar-refractivity contribution in [1.29, 1.82) is 0 Å². The maximum Gasteiger partial charge on any atom is 0.319 e. The minimum absolute atomic E-state index is 0.0263. The van der Waals surface area contributed by atoms with E-state index in [1.54, 1.807) is 9.80 Å². The highest BCUT2D eigenvalue weighted by molar-refractivity contribution is 5.92. The van der Waals surface area contributed by atoms with Crippen LogP contribution in [0.1, 0.15) is 37.8 Å². The number of carbonyl (C=O) groups is 3. The van der Waals surface area contributed by atoms with Crippen LogP contribution in [0.5, 0.6) is 0 Å². The number of nitrogens with one attached hydrogen (secondary N) is 1. The molecular weight excluding hydrogens is 464 g/mol. The Morgan fingerprint density at radius 3 is 2.51 bits per heavy atom. The second kappa shape index (κ2) is 10.6. The van der Waals surface area contributed by atoms with E-state index in [9.17, 15) is 14.4 Å². The molecule has 3 aromatic rings. The van der Waals surface area contributed by atoms with Gasteiger partial charge in [0, 0.05) is 26.1 Å². The largest absolute Gasteiger partial charge is 0.334 e. The average molecular weight is 499 g/mol. The van der Waals surface area contributed by atoms with E-state index in [4.69, 9.17) is 0 Å². The summed E-state index contributed by atoms with van der Waals surface area (Å²) >= 11 is 0. The van der Waals surface area contributed by atoms with E-state index >= 15 is 0 Å². The van der Waals surface area contributed by atoms with Crippen molar-refractivity contribution in [1.82, 2.24) is 20.0 Å². The van der Waals surface area contributed by atoms with Gasteiger partial charge < -0.3 is 20.0 Å². The molecule has 7 heteroatoms. The van der Waals surface area contributed by atoms with Crippen molar-refractivity contribution in [2.45, 2.75) is 52.0 Å². The van der Waals surface area contributed by atoms with E-state index in [-0.39, 0.29) is 30.2 Å². The predicted octanol–water partition coefficient (Wildman–Crippen LogP) is 4.37. The number of hydrogen-bond donors (Lipinski definition) is 1. The van der Waals surface area contributed by atoms with Gasteiger partial charge in [0.15, 0.2) is 0 Å². The lowest BCUT2D eigenvalue weighted by atomic mass is 9.91. The fourth-order valence-corrected chi connectivity index (χ4v) is 5.56. The van der Waals surface area contributed by atoms with E-state index in [2.05, 4.69) is 29.6 Å². The lowest BCUT2D eigenvalue weighted by molar-refractivity contribution is -0.170. The van der Waals surface area contributed by atoms with Gasteiger partial charge in [0.25, 0.3) is 0 Å². The number of rotatable bonds is 6. The first-order valence-electron chi connectivity index (χ1n) is 13.1. The van der Waals surface area contributed by atoms with Gasteiger partial charge in [-0.15, -0.1) is 0 Å². The summed E-state index contributed by atoms with van der Waals surface area (Å²) in [6.07, 6.45) is 0.484. The Hall–Kier alpha value is -3.87. The van der Waals surface area contributed by atoms with Crippen LogP contribution in [0.25, 0.3) is 10.8 Å². The van der Waals surface area contributed by atoms with Gasteiger partial charge in [-0.1, -0.05) is 93.1 Å². The van der Waals surface area contributed by atoms with E-state index < -0.39 is 12.2 Å². The molecule has 0 aliphatic carbocycles. The minimum atomic E-state index is -0.587. The molecular formula is C30H34N4O3. The first-order valence-corrected chi connectivity index (χ1v) is 13.1. The first kappa shape index (κ1) is 24.8. The number of nitrogens with zero attached hydrogens (tertiary/aromatic N) is 3. The number of benzene rings is 3. The summed E-state index contributed by atoms with van der Waals surface area (Å²) in [6, 6.07) is 23.3. The van der Waals surface area contributed by atoms with Crippen LogP contribution in [0.4, 0.5) is 4.79 Å². The van der Waals surface area contributed by atoms with E-state index in [0.717, 1.165) is 28.3 Å². The molecule has 7 nitrogen and oxygen atoms in total. The lowest BCUT2D eigenvalue weighted by Crippen LogP contribution is -2.72. The topological polar surface area (TPSA) is 73.0 Å². The van der Waals surface area contributed by atoms with Crippen molar-refractivity contribution in [3.63, 3.8) is 0 Å². The molecule has 5 rings (SSSR count). The summed E-state index contributed by atoms with van der Waals surface area (Å²) in [5.41, 5.74) is 2.07. The Labute approximate surface area is 218 Å². The van der Waals surface area contributed by atoms with Crippen molar-refractivity contribution in [3.05, 3.63) is 83.9 Å². The summed E-state index contributed by atoms with van der Waals surface area (Å²) in [7, 11) is 0. The van der Waals surface area contributed by atoms with Crippen LogP contribution in [0.2, 0.25) is 0 Å². The fraction of sp³-hybridized carbons (Fsp3) is 0.367. The first-order chi connectivity index (χ1) is 18.0. The van der Waals surface area contributed by atoms with E-state index in [0.29, 0.717) is 26.2 Å². The number of amides is 4. The van der Waals surface area contributed by atoms with Crippen molar-refractivity contribution in [2.75, 3.05) is 13.1 Å². The lowest BCUT2D eigenvalue weighted by Gasteiger charge is -2.53. The highest BCUT2D eigenvalue weighted by Gasteiger charge is 2.50. The van der Waals surface area contributed by atoms with Crippen LogP contribution in [-0.4, -0.2) is 57.8 Å². The Morgan fingerprint density at radius 1 is 1.00 bits per heavy atom. The quantitative estimate of drug-likeness (QED) is 0.549. The van der Waals surface area contributed by atoms with E-state index in [1.165, 1.54) is 0 Å². The number of fused-ring (bicyclic) bond motifs is 2. The Bertz CT molecular complexity index is 1290. The number of piperazine rings is 1. The van der Waals surface area contributed by atoms with Gasteiger partial charge in [-0.25, -0.2) is 4.79 Å². The molecule has 0 radical (unpaired) electrons. The van der Waals surface area contributed by atoms with Crippen LogP contribution in [0.15, 0.2) is 72.8 Å². The summed E-state index contributed by atoms with van der Waals surface area (Å²) in [5.74, 6) is -0.124. The minimum Gasteiger partial charge on any atom is -0.334 e. The number of carbonyl (C=O) groups excluding carboxylic acids is 3. The molecule has 37 heavy (non-hydrogen) atoms. The molecule has 0 saturated carbocycles. The van der Waals surface area contributed by atoms with Gasteiger partial charge in [-0.05, 0) is 27.8 Å². The molecule has 2 fully saturated rings. The van der Waals surface area contributed by atoms with Gasteiger partial charge in [0.2, 0.25) is 11.8 Å². The SMILES string of the molecule is CC[C@H](C)[C@H]1C(=O)N(Cc2cccc3ccccc23)C[C@@H]2N(C(=O)NCc3ccccc3)CCC(=O)N12. The third kappa shape index (κ3) is 4.90. The molecule has 2 aliphatic rings. The number of hydrogen-bond acceptors (Lipinski definition) is 3. The summed E-state index contributed by atoms with van der Waals surface area (Å²) < 4.78 is 0. The third-order valence-electron chi connectivity index (χ3n) is 7.76. The Kier molecular flexibility index (Phi) is 7.12. The van der Waals surface area contributed by atoms with Gasteiger partial charge in [0.05, 0.1) is 6.54 Å². The molecule has 0 bridgehead atoms. The maximum atomic E-state index is 13.9. The summed E-state index contributed by atoms with van der Waals surface area (Å²) in [5, 5.41) is 5.25. The maximum absolute atomic E-state index is 13.9. The molecule has 2 aliphatic heterocycles. The molecule has 4 amide bonds. The second-order valence-electron chi connectivity index (χ2n) is 10.1. The monoisotopic (exact) mass is 498 g/mol. The number of urea groups is 1. The zero-order chi connectivity index (χ0) is 25.9. The van der Waals surface area contributed by atoms with Crippen molar-refractivity contribution in [2.24, 2.45) is 5.92 Å². The van der Waals surface area contributed by atoms with Crippen LogP contribution < -0.4 is 5.32 Å². The molecule has 2 saturated heterocycles. The van der Waals surface area contributed by atoms with Gasteiger partial charge >= 0.3 is 6.03 Å². The van der Waals surface area contributed by atoms with Crippen LogP contribution in [0, 0.1) is 5.92 Å². The van der Waals surface area contributed by atoms with Crippen LogP contribution in [0.3, 0.4) is 0 Å². The van der Waals surface area contributed by atoms with Crippen LogP contribution >= 0.6 is 0 Å². The van der Waals surface area contributed by atoms with E-state index in [1.807, 2.05) is 67.3 Å². The summed E-state index contributed by atoms with van der Waals surface area (Å²) in [6.45, 7) is 5.52. The summed E-state index contributed by atoms with van der Waals surface area (Å²) in [4.78, 5) is 45.7. The highest BCUT2D eigenvalue weighted by atomic mass is 16.2. The average Bonchev–Trinajstić information content (AvgIpc) is 2.93. The fourth-order valence-electron chi connectivity index (χ4n) is 5.56. The van der Waals surface area contributed by atoms with Crippen molar-refractivity contribution < 1.29 is 14.4 Å². The van der Waals surface area contributed by atoms with Gasteiger partial charge in [-0.3, -0.25) is 9.59 Å². The Balaban J connectivity index is 1.44.